The van der Waals surface area contributed by atoms with E-state index < -0.39 is 0 Å². The molecule has 0 aliphatic rings. The highest BCUT2D eigenvalue weighted by atomic mass is 16.5. The maximum atomic E-state index is 11.5. The summed E-state index contributed by atoms with van der Waals surface area (Å²) >= 11 is 0. The fraction of sp³-hybridized carbons (Fsp3) is 0.650. The summed E-state index contributed by atoms with van der Waals surface area (Å²) in [5.41, 5.74) is 2.08. The Kier molecular flexibility index (Phi) is 17.9. The second kappa shape index (κ2) is 15.5. The summed E-state index contributed by atoms with van der Waals surface area (Å²) in [4.78, 5) is 11.5. The van der Waals surface area contributed by atoms with Gasteiger partial charge in [0.25, 0.3) is 5.91 Å². The summed E-state index contributed by atoms with van der Waals surface area (Å²) in [6.07, 6.45) is 1.06. The Labute approximate surface area is 144 Å². The van der Waals surface area contributed by atoms with Crippen molar-refractivity contribution in [3.63, 3.8) is 0 Å². The molecule has 0 atom stereocenters. The maximum Gasteiger partial charge on any atom is 0.251 e. The Morgan fingerprint density at radius 2 is 1.65 bits per heavy atom. The van der Waals surface area contributed by atoms with Crippen molar-refractivity contribution < 1.29 is 9.53 Å². The summed E-state index contributed by atoms with van der Waals surface area (Å²) in [5, 5.41) is 2.64. The van der Waals surface area contributed by atoms with Crippen LogP contribution >= 0.6 is 0 Å². The number of nitrogens with one attached hydrogen (secondary N) is 1. The van der Waals surface area contributed by atoms with E-state index in [1.807, 2.05) is 45.9 Å². The lowest BCUT2D eigenvalue weighted by Crippen LogP contribution is -2.20. The molecule has 1 aromatic carbocycles. The topological polar surface area (TPSA) is 38.3 Å². The van der Waals surface area contributed by atoms with Crippen molar-refractivity contribution in [3.05, 3.63) is 35.4 Å². The van der Waals surface area contributed by atoms with Gasteiger partial charge in [0.05, 0.1) is 0 Å². The molecule has 3 nitrogen and oxygen atoms in total. The number of carbonyl (C=O) groups is 1. The summed E-state index contributed by atoms with van der Waals surface area (Å²) in [5.74, 6) is -0.0243. The Hall–Kier alpha value is -1.35. The van der Waals surface area contributed by atoms with Gasteiger partial charge in [-0.2, -0.15) is 0 Å². The van der Waals surface area contributed by atoms with Crippen LogP contribution in [-0.2, 0) is 10.2 Å². The Balaban J connectivity index is -0.000000429. The Bertz CT molecular complexity index is 398. The molecule has 0 saturated carbocycles. The average molecular weight is 326 g/mol. The van der Waals surface area contributed by atoms with Gasteiger partial charge in [-0.1, -0.05) is 54.2 Å². The highest BCUT2D eigenvalue weighted by Gasteiger charge is 2.18. The van der Waals surface area contributed by atoms with E-state index in [9.17, 15) is 4.79 Å². The molecule has 1 amide bonds. The van der Waals surface area contributed by atoms with Gasteiger partial charge in [-0.15, -0.1) is 0 Å². The first-order chi connectivity index (χ1) is 10.4. The molecule has 3 heteroatoms. The fourth-order valence-corrected chi connectivity index (χ4v) is 1.63. The van der Waals surface area contributed by atoms with Crippen molar-refractivity contribution in [2.75, 3.05) is 20.3 Å². The van der Waals surface area contributed by atoms with Crippen LogP contribution in [0.3, 0.4) is 0 Å². The predicted octanol–water partition coefficient (Wildman–Crippen LogP) is 5.44. The smallest absolute Gasteiger partial charge is 0.251 e. The summed E-state index contributed by atoms with van der Waals surface area (Å²) in [7, 11) is 1.65. The molecule has 1 aromatic rings. The van der Waals surface area contributed by atoms with Crippen molar-refractivity contribution in [1.29, 1.82) is 0 Å². The molecular formula is C20H39NO2. The molecule has 0 unspecified atom stereocenters. The van der Waals surface area contributed by atoms with Crippen LogP contribution in [0.25, 0.3) is 0 Å². The lowest BCUT2D eigenvalue weighted by Gasteiger charge is -2.23. The highest BCUT2D eigenvalue weighted by molar-refractivity contribution is 5.94. The van der Waals surface area contributed by atoms with E-state index >= 15 is 0 Å². The van der Waals surface area contributed by atoms with Crippen LogP contribution in [0.15, 0.2) is 24.3 Å². The number of rotatable bonds is 5. The van der Waals surface area contributed by atoms with Gasteiger partial charge in [-0.05, 0) is 43.4 Å². The van der Waals surface area contributed by atoms with Crippen molar-refractivity contribution in [1.82, 2.24) is 5.32 Å². The molecule has 0 aliphatic carbocycles. The monoisotopic (exact) mass is 325 g/mol. The van der Waals surface area contributed by atoms with E-state index in [1.54, 1.807) is 7.05 Å². The Morgan fingerprint density at radius 3 is 2.00 bits per heavy atom. The third-order valence-electron chi connectivity index (χ3n) is 3.43. The van der Waals surface area contributed by atoms with Crippen molar-refractivity contribution in [3.8, 4) is 0 Å². The first-order valence-electron chi connectivity index (χ1n) is 8.33. The zero-order chi connectivity index (χ0) is 17.6. The predicted molar refractivity (Wildman–Crippen MR) is 103 cm³/mol. The molecule has 0 fully saturated rings. The van der Waals surface area contributed by atoms with E-state index in [-0.39, 0.29) is 18.7 Å². The van der Waals surface area contributed by atoms with Gasteiger partial charge < -0.3 is 10.1 Å². The first-order valence-corrected chi connectivity index (χ1v) is 8.33. The first kappa shape index (κ1) is 26.5. The third-order valence-corrected chi connectivity index (χ3v) is 3.43. The summed E-state index contributed by atoms with van der Waals surface area (Å²) in [6, 6.07) is 7.84. The van der Waals surface area contributed by atoms with Crippen LogP contribution in [0, 0.1) is 0 Å². The van der Waals surface area contributed by atoms with Crippen LogP contribution in [0.5, 0.6) is 0 Å². The van der Waals surface area contributed by atoms with Crippen LogP contribution in [-0.4, -0.2) is 26.2 Å². The number of hydrogen-bond donors (Lipinski definition) is 1. The standard InChI is InChI=1S/C13H19NO.C4H10O.C2H6.CH4/c1-5-13(2,3)11-8-6-7-10(9-11)12(15)14-4;1-3-5-4-2;1-2;/h6-9H,5H2,1-4H3,(H,14,15);3-4H2,1-2H3;1-2H3;1H4. The number of hydrogen-bond acceptors (Lipinski definition) is 2. The molecule has 0 radical (unpaired) electrons. The number of benzene rings is 1. The van der Waals surface area contributed by atoms with Crippen LogP contribution in [0.1, 0.15) is 78.2 Å². The van der Waals surface area contributed by atoms with E-state index in [1.165, 1.54) is 5.56 Å². The van der Waals surface area contributed by atoms with Crippen molar-refractivity contribution >= 4 is 5.91 Å². The number of amides is 1. The van der Waals surface area contributed by atoms with Gasteiger partial charge in [-0.3, -0.25) is 4.79 Å². The largest absolute Gasteiger partial charge is 0.382 e. The second-order valence-electron chi connectivity index (χ2n) is 5.18. The second-order valence-corrected chi connectivity index (χ2v) is 5.18. The molecule has 0 bridgehead atoms. The lowest BCUT2D eigenvalue weighted by atomic mass is 9.81. The van der Waals surface area contributed by atoms with E-state index in [4.69, 9.17) is 4.74 Å². The molecule has 1 N–H and O–H groups in total. The molecule has 0 saturated heterocycles. The van der Waals surface area contributed by atoms with Crippen molar-refractivity contribution in [2.45, 2.75) is 67.7 Å². The third kappa shape index (κ3) is 10.9. The summed E-state index contributed by atoms with van der Waals surface area (Å²) < 4.78 is 4.83. The van der Waals surface area contributed by atoms with E-state index in [0.29, 0.717) is 0 Å². The van der Waals surface area contributed by atoms with Gasteiger partial charge in [0.15, 0.2) is 0 Å². The minimum absolute atomic E-state index is 0. The maximum absolute atomic E-state index is 11.5. The quantitative estimate of drug-likeness (QED) is 0.783. The molecule has 0 spiro atoms. The van der Waals surface area contributed by atoms with Crippen LogP contribution in [0.4, 0.5) is 0 Å². The SMILES string of the molecule is C.CC.CCC(C)(C)c1cccc(C(=O)NC)c1.CCOCC. The minimum Gasteiger partial charge on any atom is -0.382 e. The molecule has 23 heavy (non-hydrogen) atoms. The van der Waals surface area contributed by atoms with Crippen molar-refractivity contribution in [2.24, 2.45) is 0 Å². The van der Waals surface area contributed by atoms with Gasteiger partial charge in [0, 0.05) is 25.8 Å². The molecule has 0 aromatic heterocycles. The minimum atomic E-state index is -0.0243. The average Bonchev–Trinajstić information content (AvgIpc) is 2.57. The van der Waals surface area contributed by atoms with Crippen LogP contribution in [0.2, 0.25) is 0 Å². The Morgan fingerprint density at radius 1 is 1.13 bits per heavy atom. The number of ether oxygens (including phenoxy) is 1. The lowest BCUT2D eigenvalue weighted by molar-refractivity contribution is 0.0963. The molecule has 1 rings (SSSR count). The normalized spacial score (nSPS) is 9.39. The zero-order valence-electron chi connectivity index (χ0n) is 15.7. The zero-order valence-corrected chi connectivity index (χ0v) is 15.7. The van der Waals surface area contributed by atoms with Gasteiger partial charge in [0.2, 0.25) is 0 Å². The molecule has 136 valence electrons. The fourth-order valence-electron chi connectivity index (χ4n) is 1.63. The van der Waals surface area contributed by atoms with Gasteiger partial charge in [0.1, 0.15) is 0 Å². The molecule has 0 aliphatic heterocycles. The molecular weight excluding hydrogens is 286 g/mol. The van der Waals surface area contributed by atoms with Gasteiger partial charge in [-0.25, -0.2) is 0 Å². The van der Waals surface area contributed by atoms with Gasteiger partial charge >= 0.3 is 0 Å². The number of carbonyl (C=O) groups excluding carboxylic acids is 1. The molecule has 0 heterocycles. The van der Waals surface area contributed by atoms with E-state index in [0.717, 1.165) is 25.2 Å². The van der Waals surface area contributed by atoms with Crippen LogP contribution < -0.4 is 5.32 Å². The summed E-state index contributed by atoms with van der Waals surface area (Å²) in [6.45, 7) is 16.2. The highest BCUT2D eigenvalue weighted by Crippen LogP contribution is 2.26. The van der Waals surface area contributed by atoms with E-state index in [2.05, 4.69) is 32.2 Å².